The van der Waals surface area contributed by atoms with Gasteiger partial charge in [0.25, 0.3) is 0 Å². The predicted molar refractivity (Wildman–Crippen MR) is 90.1 cm³/mol. The van der Waals surface area contributed by atoms with Crippen LogP contribution in [0.5, 0.6) is 0 Å². The molecule has 114 valence electrons. The zero-order valence-corrected chi connectivity index (χ0v) is 13.2. The Hall–Kier alpha value is -2.05. The maximum Gasteiger partial charge on any atom is 0.181 e. The van der Waals surface area contributed by atoms with Gasteiger partial charge in [-0.2, -0.15) is 0 Å². The molecule has 0 aromatic carbocycles. The fourth-order valence-electron chi connectivity index (χ4n) is 2.28. The molecule has 1 atom stereocenters. The Bertz CT molecular complexity index is 744. The van der Waals surface area contributed by atoms with Crippen LogP contribution in [0.4, 0.5) is 5.82 Å². The Balaban J connectivity index is 1.96. The first kappa shape index (κ1) is 14.9. The third-order valence-corrected chi connectivity index (χ3v) is 4.20. The smallest absolute Gasteiger partial charge is 0.181 e. The molecule has 0 radical (unpaired) electrons. The van der Waals surface area contributed by atoms with Gasteiger partial charge in [-0.1, -0.05) is 6.07 Å². The predicted octanol–water partition coefficient (Wildman–Crippen LogP) is 3.33. The maximum absolute atomic E-state index is 8.95. The van der Waals surface area contributed by atoms with E-state index in [1.165, 1.54) is 0 Å². The summed E-state index contributed by atoms with van der Waals surface area (Å²) in [5, 5.41) is 15.4. The van der Waals surface area contributed by atoms with Crippen LogP contribution in [-0.2, 0) is 0 Å². The van der Waals surface area contributed by atoms with E-state index in [0.29, 0.717) is 5.82 Å². The molecule has 2 N–H and O–H groups in total. The Morgan fingerprint density at radius 1 is 1.27 bits per heavy atom. The minimum absolute atomic E-state index is 0.211. The molecule has 3 rings (SSSR count). The summed E-state index contributed by atoms with van der Waals surface area (Å²) in [4.78, 5) is 14.5. The maximum atomic E-state index is 8.95. The average Bonchev–Trinajstić information content (AvgIpc) is 3.02. The van der Waals surface area contributed by atoms with Gasteiger partial charge in [0.05, 0.1) is 5.39 Å². The first-order valence-electron chi connectivity index (χ1n) is 7.32. The number of hydrogen-bond acceptors (Lipinski definition) is 6. The minimum Gasteiger partial charge on any atom is -0.396 e. The van der Waals surface area contributed by atoms with E-state index >= 15 is 0 Å². The van der Waals surface area contributed by atoms with Crippen molar-refractivity contribution in [3.05, 3.63) is 35.8 Å². The quantitative estimate of drug-likeness (QED) is 0.730. The van der Waals surface area contributed by atoms with Gasteiger partial charge in [0.15, 0.2) is 5.82 Å². The Labute approximate surface area is 133 Å². The van der Waals surface area contributed by atoms with E-state index in [1.54, 1.807) is 17.5 Å². The van der Waals surface area contributed by atoms with E-state index in [-0.39, 0.29) is 12.6 Å². The van der Waals surface area contributed by atoms with E-state index < -0.39 is 0 Å². The van der Waals surface area contributed by atoms with Crippen LogP contribution >= 0.6 is 11.3 Å². The number of fused-ring (bicyclic) bond motifs is 1. The van der Waals surface area contributed by atoms with E-state index in [0.717, 1.165) is 34.6 Å². The molecule has 0 fully saturated rings. The number of aliphatic hydroxyl groups is 1. The lowest BCUT2D eigenvalue weighted by Crippen LogP contribution is -2.17. The molecule has 0 aliphatic carbocycles. The molecule has 3 aromatic rings. The first-order valence-corrected chi connectivity index (χ1v) is 8.20. The topological polar surface area (TPSA) is 70.9 Å². The van der Waals surface area contributed by atoms with Gasteiger partial charge in [-0.25, -0.2) is 9.97 Å². The number of aliphatic hydroxyl groups excluding tert-OH is 1. The number of aromatic nitrogens is 3. The zero-order chi connectivity index (χ0) is 15.4. The lowest BCUT2D eigenvalue weighted by atomic mass is 10.2. The summed E-state index contributed by atoms with van der Waals surface area (Å²) in [5.41, 5.74) is 0.767. The summed E-state index contributed by atoms with van der Waals surface area (Å²) in [6.45, 7) is 2.30. The lowest BCUT2D eigenvalue weighted by molar-refractivity contribution is 0.282. The van der Waals surface area contributed by atoms with Crippen molar-refractivity contribution < 1.29 is 5.11 Å². The monoisotopic (exact) mass is 314 g/mol. The third kappa shape index (κ3) is 3.23. The highest BCUT2D eigenvalue weighted by molar-refractivity contribution is 7.16. The number of anilines is 1. The molecule has 3 heterocycles. The van der Waals surface area contributed by atoms with Crippen LogP contribution in [0.2, 0.25) is 0 Å². The highest BCUT2D eigenvalue weighted by Crippen LogP contribution is 2.28. The molecule has 0 amide bonds. The van der Waals surface area contributed by atoms with Crippen molar-refractivity contribution in [1.29, 1.82) is 0 Å². The van der Waals surface area contributed by atoms with Crippen molar-refractivity contribution in [2.75, 3.05) is 11.9 Å². The second-order valence-corrected chi connectivity index (χ2v) is 6.06. The summed E-state index contributed by atoms with van der Waals surface area (Å²) in [6, 6.07) is 7.99. The van der Waals surface area contributed by atoms with Crippen LogP contribution in [0.15, 0.2) is 35.8 Å². The third-order valence-electron chi connectivity index (χ3n) is 3.40. The molecule has 0 spiro atoms. The van der Waals surface area contributed by atoms with Gasteiger partial charge in [-0.05, 0) is 43.3 Å². The number of nitrogens with one attached hydrogen (secondary N) is 1. The molecule has 5 nitrogen and oxygen atoms in total. The Kier molecular flexibility index (Phi) is 4.60. The Morgan fingerprint density at radius 2 is 2.18 bits per heavy atom. The van der Waals surface area contributed by atoms with Gasteiger partial charge in [-0.15, -0.1) is 11.3 Å². The molecule has 3 aromatic heterocycles. The molecule has 1 unspecified atom stereocenters. The SMILES string of the molecule is CC(CCCO)Nc1nc(-c2ccccn2)nc2sccc12. The molecular weight excluding hydrogens is 296 g/mol. The average molecular weight is 314 g/mol. The molecular formula is C16H18N4OS. The minimum atomic E-state index is 0.211. The second-order valence-electron chi connectivity index (χ2n) is 5.16. The van der Waals surface area contributed by atoms with Crippen LogP contribution in [0, 0.1) is 0 Å². The number of pyridine rings is 1. The van der Waals surface area contributed by atoms with Gasteiger partial charge >= 0.3 is 0 Å². The summed E-state index contributed by atoms with van der Waals surface area (Å²) in [5.74, 6) is 1.46. The molecule has 0 saturated carbocycles. The van der Waals surface area contributed by atoms with Gasteiger partial charge < -0.3 is 10.4 Å². The van der Waals surface area contributed by atoms with Gasteiger partial charge in [-0.3, -0.25) is 4.98 Å². The van der Waals surface area contributed by atoms with Crippen LogP contribution in [0.3, 0.4) is 0 Å². The van der Waals surface area contributed by atoms with E-state index in [4.69, 9.17) is 5.11 Å². The molecule has 0 bridgehead atoms. The van der Waals surface area contributed by atoms with Crippen LogP contribution in [-0.4, -0.2) is 32.7 Å². The second kappa shape index (κ2) is 6.81. The summed E-state index contributed by atoms with van der Waals surface area (Å²) >= 11 is 1.60. The fraction of sp³-hybridized carbons (Fsp3) is 0.312. The van der Waals surface area contributed by atoms with Crippen molar-refractivity contribution in [3.8, 4) is 11.5 Å². The number of rotatable bonds is 6. The summed E-state index contributed by atoms with van der Waals surface area (Å²) in [7, 11) is 0. The van der Waals surface area contributed by atoms with Crippen molar-refractivity contribution in [1.82, 2.24) is 15.0 Å². The van der Waals surface area contributed by atoms with E-state index in [9.17, 15) is 0 Å². The van der Waals surface area contributed by atoms with Crippen LogP contribution in [0.25, 0.3) is 21.7 Å². The highest BCUT2D eigenvalue weighted by Gasteiger charge is 2.12. The van der Waals surface area contributed by atoms with Crippen molar-refractivity contribution >= 4 is 27.4 Å². The molecule has 22 heavy (non-hydrogen) atoms. The van der Waals surface area contributed by atoms with Gasteiger partial charge in [0.1, 0.15) is 16.3 Å². The van der Waals surface area contributed by atoms with Crippen LogP contribution < -0.4 is 5.32 Å². The van der Waals surface area contributed by atoms with Crippen LogP contribution in [0.1, 0.15) is 19.8 Å². The summed E-state index contributed by atoms with van der Waals surface area (Å²) in [6.07, 6.45) is 3.42. The largest absolute Gasteiger partial charge is 0.396 e. The Morgan fingerprint density at radius 3 is 2.95 bits per heavy atom. The van der Waals surface area contributed by atoms with E-state index in [1.807, 2.05) is 29.6 Å². The highest BCUT2D eigenvalue weighted by atomic mass is 32.1. The van der Waals surface area contributed by atoms with Crippen molar-refractivity contribution in [2.24, 2.45) is 0 Å². The van der Waals surface area contributed by atoms with Gasteiger partial charge in [0.2, 0.25) is 0 Å². The molecule has 0 aliphatic heterocycles. The first-order chi connectivity index (χ1) is 10.8. The van der Waals surface area contributed by atoms with Crippen molar-refractivity contribution in [2.45, 2.75) is 25.8 Å². The van der Waals surface area contributed by atoms with E-state index in [2.05, 4.69) is 27.2 Å². The molecule has 6 heteroatoms. The fourth-order valence-corrected chi connectivity index (χ4v) is 3.04. The molecule has 0 aliphatic rings. The standard InChI is InChI=1S/C16H18N4OS/c1-11(5-4-9-21)18-14-12-7-10-22-16(12)20-15(19-14)13-6-2-3-8-17-13/h2-3,6-8,10-11,21H,4-5,9H2,1H3,(H,18,19,20). The summed E-state index contributed by atoms with van der Waals surface area (Å²) < 4.78 is 0. The number of nitrogens with zero attached hydrogens (tertiary/aromatic N) is 3. The van der Waals surface area contributed by atoms with Crippen molar-refractivity contribution in [3.63, 3.8) is 0 Å². The zero-order valence-electron chi connectivity index (χ0n) is 12.4. The number of thiophene rings is 1. The normalized spacial score (nSPS) is 12.5. The van der Waals surface area contributed by atoms with Gasteiger partial charge in [0, 0.05) is 18.8 Å². The molecule has 0 saturated heterocycles. The number of hydrogen-bond donors (Lipinski definition) is 2. The lowest BCUT2D eigenvalue weighted by Gasteiger charge is -2.15.